The van der Waals surface area contributed by atoms with Crippen molar-refractivity contribution in [2.75, 3.05) is 90.5 Å². The lowest BCUT2D eigenvalue weighted by molar-refractivity contribution is 0.000505. The molecule has 30 heteroatoms. The Kier molecular flexibility index (Phi) is 32.5. The van der Waals surface area contributed by atoms with Crippen LogP contribution in [0.3, 0.4) is 0 Å². The molecular formula is C99H128BBrN16O12. The Morgan fingerprint density at radius 2 is 1.00 bits per heavy atom. The van der Waals surface area contributed by atoms with E-state index in [1.54, 1.807) is 62.8 Å². The molecule has 686 valence electrons. The highest BCUT2D eigenvalue weighted by molar-refractivity contribution is 9.10. The Bertz CT molecular complexity index is 5550. The van der Waals surface area contributed by atoms with Crippen LogP contribution in [0.25, 0.3) is 33.2 Å². The molecule has 28 nitrogen and oxygen atoms in total. The zero-order chi connectivity index (χ0) is 91.7. The lowest BCUT2D eigenvalue weighted by Gasteiger charge is -2.40. The molecule has 0 aliphatic carbocycles. The largest absolute Gasteiger partial charge is 0.496 e. The molecule has 0 unspecified atom stereocenters. The van der Waals surface area contributed by atoms with Gasteiger partial charge in [-0.1, -0.05) is 90.4 Å². The number of amides is 5. The first-order valence-electron chi connectivity index (χ1n) is 45.5. The molecule has 2 atom stereocenters. The fourth-order valence-corrected chi connectivity index (χ4v) is 17.4. The van der Waals surface area contributed by atoms with E-state index >= 15 is 0 Å². The second kappa shape index (κ2) is 43.7. The fourth-order valence-electron chi connectivity index (χ4n) is 17.0. The number of hydrogen-bond acceptors (Lipinski definition) is 21. The smallest absolute Gasteiger partial charge is 0.494 e. The number of rotatable bonds is 28. The minimum Gasteiger partial charge on any atom is -0.496 e. The average Bonchev–Trinajstić information content (AvgIpc) is 1.78. The van der Waals surface area contributed by atoms with Gasteiger partial charge in [0.25, 0.3) is 23.6 Å². The van der Waals surface area contributed by atoms with Crippen LogP contribution in [-0.4, -0.2) is 202 Å². The highest BCUT2D eigenvalue weighted by Crippen LogP contribution is 2.39. The molecule has 5 aliphatic heterocycles. The molecule has 0 spiro atoms. The molecule has 0 saturated carbocycles. The Hall–Kier alpha value is -10.8. The van der Waals surface area contributed by atoms with Gasteiger partial charge >= 0.3 is 13.2 Å². The van der Waals surface area contributed by atoms with Crippen molar-refractivity contribution >= 4 is 91.7 Å². The zero-order valence-electron chi connectivity index (χ0n) is 77.5. The molecule has 5 fully saturated rings. The van der Waals surface area contributed by atoms with Gasteiger partial charge < -0.3 is 75.1 Å². The van der Waals surface area contributed by atoms with Crippen LogP contribution < -0.4 is 52.2 Å². The van der Waals surface area contributed by atoms with Crippen molar-refractivity contribution in [2.45, 2.75) is 222 Å². The monoisotopic (exact) mass is 1820 g/mol. The van der Waals surface area contributed by atoms with Gasteiger partial charge in [-0.15, -0.1) is 0 Å². The summed E-state index contributed by atoms with van der Waals surface area (Å²) in [7, 11) is 2.88. The van der Waals surface area contributed by atoms with Crippen molar-refractivity contribution in [2.24, 2.45) is 0 Å². The van der Waals surface area contributed by atoms with Crippen molar-refractivity contribution in [3.05, 3.63) is 217 Å². The molecule has 7 N–H and O–H groups in total. The number of hydrogen-bond donors (Lipinski definition) is 7. The zero-order valence-corrected chi connectivity index (χ0v) is 79.1. The van der Waals surface area contributed by atoms with E-state index in [0.29, 0.717) is 98.7 Å². The molecule has 4 aromatic heterocycles. The summed E-state index contributed by atoms with van der Waals surface area (Å²) in [6.07, 6.45) is 8.50. The third-order valence-electron chi connectivity index (χ3n) is 24.7. The average molecular weight is 1820 g/mol. The SMILES string of the molecule is CCc1nc2c(cnn2CC)c(NC2CCOCC2)c1CNC(=O)c1cccc(C(=O)NCc2cc(-c3cccc(CN4CCN[C@@H](C)C4)c3)ccc2OC)c1.CCc1nc2c(cnn2CC)c(NC2CCOCC2)c1CNC(=O)c1cccc(C(=O)NCc2cc(Br)ccc2OC)c1.C[C@H]1CN(Cc2cccc(B3OC(C)(C)C(C)(C)O3)c2)CCN1C(=O)OC(C)(C)C. The second-order valence-corrected chi connectivity index (χ2v) is 36.7. The number of halogens is 1. The summed E-state index contributed by atoms with van der Waals surface area (Å²) >= 11 is 3.46. The van der Waals surface area contributed by atoms with Gasteiger partial charge in [-0.25, -0.2) is 24.1 Å². The summed E-state index contributed by atoms with van der Waals surface area (Å²) in [4.78, 5) is 82.6. The second-order valence-electron chi connectivity index (χ2n) is 35.7. The van der Waals surface area contributed by atoms with E-state index in [9.17, 15) is 24.0 Å². The highest BCUT2D eigenvalue weighted by atomic mass is 79.9. The van der Waals surface area contributed by atoms with Crippen LogP contribution in [0.4, 0.5) is 16.2 Å². The third kappa shape index (κ3) is 24.4. The fraction of sp³-hybridized carbons (Fsp3) is 0.465. The first-order chi connectivity index (χ1) is 62.0. The predicted octanol–water partition coefficient (Wildman–Crippen LogP) is 14.6. The molecule has 129 heavy (non-hydrogen) atoms. The maximum atomic E-state index is 13.7. The first kappa shape index (κ1) is 95.8. The van der Waals surface area contributed by atoms with Gasteiger partial charge in [-0.05, 0) is 215 Å². The van der Waals surface area contributed by atoms with E-state index < -0.39 is 5.60 Å². The number of carbonyl (C=O) groups excluding carboxylic acids is 5. The van der Waals surface area contributed by atoms with Gasteiger partial charge in [0.15, 0.2) is 11.3 Å². The standard InChI is InChI=1S/C44H54N8O4.C32H37BrN6O4.C23H37BN2O4/c1-5-39-37(41(49-36-15-19-56-20-16-36)38-26-48-52(6-2)42(38)50-39)25-47-44(54)34-12-8-11-33(23-34)43(53)46-24-35-22-32(13-14-40(35)55-4)31-10-7-9-30(21-31)28-51-18-17-45-29(3)27-51;1-4-27-25(29(37-24-11-13-43-14-12-24)26-19-36-39(5-2)30(26)38-27)18-35-32(41)21-8-6-7-20(15-21)31(40)34-17-22-16-23(33)9-10-28(22)42-3;1-17-15-25(12-13-26(17)20(27)28-21(2,3)4)16-18-10-9-11-19(14-18)24-29-22(5,6)23(7,8)30-24/h7-14,21-23,26,29,36,45H,5-6,15-20,24-25,27-28H2,1-4H3,(H,46,53)(H,47,54)(H,49,50);6-10,15-16,19,24H,4-5,11-14,17-18H2,1-3H3,(H,34,40)(H,35,41)(H,37,38);9-11,14,17H,12-13,15-16H2,1-8H3/t29-;;17-/m0.0/s1. The van der Waals surface area contributed by atoms with Crippen molar-refractivity contribution in [1.29, 1.82) is 0 Å². The molecule has 6 aromatic carbocycles. The summed E-state index contributed by atoms with van der Waals surface area (Å²) in [5.41, 5.74) is 15.1. The van der Waals surface area contributed by atoms with Gasteiger partial charge in [0, 0.05) is 203 Å². The first-order valence-corrected chi connectivity index (χ1v) is 46.3. The number of anilines is 2. The van der Waals surface area contributed by atoms with Gasteiger partial charge in [-0.2, -0.15) is 10.2 Å². The molecule has 0 bridgehead atoms. The number of benzene rings is 6. The summed E-state index contributed by atoms with van der Waals surface area (Å²) < 4.78 is 44.9. The number of ether oxygens (including phenoxy) is 5. The highest BCUT2D eigenvalue weighted by Gasteiger charge is 2.52. The van der Waals surface area contributed by atoms with Crippen molar-refractivity contribution in [1.82, 2.24) is 70.8 Å². The van der Waals surface area contributed by atoms with E-state index in [2.05, 4.69) is 196 Å². The number of fused-ring (bicyclic) bond motifs is 2. The number of methoxy groups -OCH3 is 2. The summed E-state index contributed by atoms with van der Waals surface area (Å²) in [5, 5.41) is 34.2. The maximum Gasteiger partial charge on any atom is 0.494 e. The Balaban J connectivity index is 0.000000173. The van der Waals surface area contributed by atoms with Crippen molar-refractivity contribution in [3.8, 4) is 22.6 Å². The van der Waals surface area contributed by atoms with Gasteiger partial charge in [0.2, 0.25) is 0 Å². The van der Waals surface area contributed by atoms with Gasteiger partial charge in [0.05, 0.1) is 60.0 Å². The number of carbonyl (C=O) groups is 5. The van der Waals surface area contributed by atoms with Crippen LogP contribution in [0.2, 0.25) is 0 Å². The van der Waals surface area contributed by atoms with Crippen LogP contribution >= 0.6 is 15.9 Å². The summed E-state index contributed by atoms with van der Waals surface area (Å²) in [6, 6.07) is 43.4. The maximum absolute atomic E-state index is 13.7. The quantitative estimate of drug-likeness (QED) is 0.0224. The minimum atomic E-state index is -0.470. The van der Waals surface area contributed by atoms with Crippen LogP contribution in [0.1, 0.15) is 202 Å². The van der Waals surface area contributed by atoms with Gasteiger partial charge in [-0.3, -0.25) is 29.0 Å². The van der Waals surface area contributed by atoms with E-state index in [1.165, 1.54) is 11.1 Å². The molecule has 9 heterocycles. The number of piperazine rings is 2. The normalized spacial score (nSPS) is 17.3. The van der Waals surface area contributed by atoms with Crippen LogP contribution in [0.15, 0.2) is 150 Å². The predicted molar refractivity (Wildman–Crippen MR) is 509 cm³/mol. The van der Waals surface area contributed by atoms with Crippen LogP contribution in [-0.2, 0) is 88.7 Å². The number of aromatic nitrogens is 6. The molecule has 15 rings (SSSR count). The van der Waals surface area contributed by atoms with Crippen LogP contribution in [0, 0.1) is 0 Å². The van der Waals surface area contributed by atoms with Gasteiger partial charge in [0.1, 0.15) is 17.1 Å². The lowest BCUT2D eigenvalue weighted by Crippen LogP contribution is -2.54. The van der Waals surface area contributed by atoms with E-state index in [-0.39, 0.29) is 92.3 Å². The van der Waals surface area contributed by atoms with E-state index in [1.807, 2.05) is 78.6 Å². The van der Waals surface area contributed by atoms with Crippen LogP contribution in [0.5, 0.6) is 11.5 Å². The third-order valence-corrected chi connectivity index (χ3v) is 25.2. The van der Waals surface area contributed by atoms with E-state index in [0.717, 1.165) is 160 Å². The Morgan fingerprint density at radius 3 is 1.47 bits per heavy atom. The molecule has 5 amide bonds. The van der Waals surface area contributed by atoms with Crippen molar-refractivity contribution < 1.29 is 57.0 Å². The summed E-state index contributed by atoms with van der Waals surface area (Å²) in [5.74, 6) is 0.273. The number of nitrogens with one attached hydrogen (secondary N) is 7. The minimum absolute atomic E-state index is 0.111. The number of pyridine rings is 2. The number of aryl methyl sites for hydroxylation is 4. The van der Waals surface area contributed by atoms with E-state index in [4.69, 9.17) is 43.0 Å². The Labute approximate surface area is 767 Å². The molecule has 5 aliphatic rings. The topological polar surface area (TPSA) is 305 Å². The molecule has 10 aromatic rings. The molecule has 0 radical (unpaired) electrons. The Morgan fingerprint density at radius 1 is 0.543 bits per heavy atom. The molecular weight excluding hydrogens is 1700 g/mol. The summed E-state index contributed by atoms with van der Waals surface area (Å²) in [6.45, 7) is 39.0. The van der Waals surface area contributed by atoms with Crippen molar-refractivity contribution in [3.63, 3.8) is 0 Å². The molecule has 5 saturated heterocycles. The lowest BCUT2D eigenvalue weighted by atomic mass is 9.78. The number of nitrogens with zero attached hydrogens (tertiary/aromatic N) is 9.